The number of carbonyl (C=O) groups is 6. The van der Waals surface area contributed by atoms with Gasteiger partial charge >= 0.3 is 0 Å². The smallest absolute Gasteiger partial charge is 0.252 e. The molecule has 8 N–H and O–H groups in total. The standard InChI is InChI=1S/C51H69N7O8/c1-6-8-11-34-13-16-38(32(3)26-34)50(63)56-41(10-7-2)44(60)31-37(19-21-53)51(64)58(5)48-36-15-18-47(66-25-23-55)40(30-36)39-28-35(14-17-46(39)65-24-22-54)29-42(43(59)12-9-20-52)57-49(62)33(4)27-45(48)61/h13-18,26,28,30,33,37,41-42,48H,6-12,19,21-25,27,29,31,53-55H2,1-5H3,(H,56,63)(H,57,62)/t33-,37-,41+,42+,48+/m1/s1. The molecule has 66 heavy (non-hydrogen) atoms. The van der Waals surface area contributed by atoms with Gasteiger partial charge in [-0.05, 0) is 98.2 Å². The Balaban J connectivity index is 1.78. The van der Waals surface area contributed by atoms with Crippen molar-refractivity contribution in [2.45, 2.75) is 116 Å². The van der Waals surface area contributed by atoms with E-state index in [1.165, 1.54) is 11.9 Å². The number of nitrogens with two attached hydrogens (primary N) is 3. The molecule has 4 rings (SSSR count). The van der Waals surface area contributed by atoms with Gasteiger partial charge in [-0.15, -0.1) is 0 Å². The molecule has 15 heteroatoms. The number of benzene rings is 3. The van der Waals surface area contributed by atoms with Gasteiger partial charge in [0.15, 0.2) is 17.3 Å². The van der Waals surface area contributed by atoms with Gasteiger partial charge in [-0.1, -0.05) is 57.9 Å². The van der Waals surface area contributed by atoms with E-state index in [1.807, 2.05) is 38.1 Å². The van der Waals surface area contributed by atoms with Gasteiger partial charge in [-0.25, -0.2) is 0 Å². The molecular weight excluding hydrogens is 839 g/mol. The maximum atomic E-state index is 14.8. The number of rotatable bonds is 23. The van der Waals surface area contributed by atoms with E-state index in [-0.39, 0.29) is 88.8 Å². The van der Waals surface area contributed by atoms with Crippen LogP contribution >= 0.6 is 0 Å². The number of nitrogens with zero attached hydrogens (tertiary/aromatic N) is 2. The fraction of sp³-hybridized carbons (Fsp3) is 0.510. The van der Waals surface area contributed by atoms with E-state index in [0.717, 1.165) is 30.4 Å². The van der Waals surface area contributed by atoms with Crippen molar-refractivity contribution in [3.05, 3.63) is 82.4 Å². The summed E-state index contributed by atoms with van der Waals surface area (Å²) in [6.45, 7) is 8.29. The monoisotopic (exact) mass is 908 g/mol. The molecule has 4 bridgehead atoms. The Labute approximate surface area is 389 Å². The zero-order valence-electron chi connectivity index (χ0n) is 39.3. The number of hydrogen-bond acceptors (Lipinski definition) is 12. The number of fused-ring (bicyclic) bond motifs is 5. The highest BCUT2D eigenvalue weighted by molar-refractivity contribution is 6.00. The molecule has 0 aromatic heterocycles. The molecule has 0 saturated heterocycles. The summed E-state index contributed by atoms with van der Waals surface area (Å²) in [6.07, 6.45) is 3.47. The molecule has 356 valence electrons. The van der Waals surface area contributed by atoms with E-state index in [4.69, 9.17) is 26.7 Å². The number of nitriles is 1. The maximum Gasteiger partial charge on any atom is 0.252 e. The van der Waals surface area contributed by atoms with Gasteiger partial charge in [0.1, 0.15) is 30.8 Å². The molecule has 1 aliphatic rings. The lowest BCUT2D eigenvalue weighted by Gasteiger charge is -2.32. The van der Waals surface area contributed by atoms with Crippen LogP contribution in [0.3, 0.4) is 0 Å². The lowest BCUT2D eigenvalue weighted by Crippen LogP contribution is -2.46. The molecule has 1 aliphatic heterocycles. The number of hydrogen-bond donors (Lipinski definition) is 5. The van der Waals surface area contributed by atoms with Crippen molar-refractivity contribution in [3.8, 4) is 28.7 Å². The zero-order valence-corrected chi connectivity index (χ0v) is 39.3. The average Bonchev–Trinajstić information content (AvgIpc) is 3.30. The third-order valence-corrected chi connectivity index (χ3v) is 12.0. The zero-order chi connectivity index (χ0) is 48.3. The highest BCUT2D eigenvalue weighted by atomic mass is 16.5. The number of ketones is 3. The first-order valence-corrected chi connectivity index (χ1v) is 23.3. The van der Waals surface area contributed by atoms with Crippen LogP contribution in [0.5, 0.6) is 11.5 Å². The third-order valence-electron chi connectivity index (χ3n) is 12.0. The minimum Gasteiger partial charge on any atom is -0.492 e. The van der Waals surface area contributed by atoms with Crippen LogP contribution in [0.1, 0.15) is 117 Å². The molecule has 5 atom stereocenters. The summed E-state index contributed by atoms with van der Waals surface area (Å²) in [7, 11) is 1.49. The number of carbonyl (C=O) groups excluding carboxylic acids is 6. The quantitative estimate of drug-likeness (QED) is 0.0823. The number of Topliss-reactive ketones (excluding diaryl/α,β-unsaturated/α-hetero) is 3. The fourth-order valence-electron chi connectivity index (χ4n) is 8.38. The van der Waals surface area contributed by atoms with Crippen molar-refractivity contribution in [3.63, 3.8) is 0 Å². The Morgan fingerprint density at radius 2 is 1.58 bits per heavy atom. The van der Waals surface area contributed by atoms with Crippen LogP contribution < -0.4 is 37.3 Å². The maximum absolute atomic E-state index is 14.8. The topological polar surface area (TPSA) is 250 Å². The number of unbranched alkanes of at least 4 members (excludes halogenated alkanes) is 1. The first-order chi connectivity index (χ1) is 31.7. The van der Waals surface area contributed by atoms with Gasteiger partial charge < -0.3 is 42.2 Å². The predicted octanol–water partition coefficient (Wildman–Crippen LogP) is 5.21. The average molecular weight is 908 g/mol. The molecule has 15 nitrogen and oxygen atoms in total. The summed E-state index contributed by atoms with van der Waals surface area (Å²) < 4.78 is 12.2. The molecule has 0 radical (unpaired) electrons. The first-order valence-electron chi connectivity index (χ1n) is 23.3. The normalized spacial score (nSPS) is 17.0. The van der Waals surface area contributed by atoms with Crippen LogP contribution in [0.15, 0.2) is 54.6 Å². The number of nitrogens with one attached hydrogen (secondary N) is 2. The predicted molar refractivity (Wildman–Crippen MR) is 254 cm³/mol. The molecule has 0 saturated carbocycles. The number of aryl methyl sites for hydroxylation is 2. The van der Waals surface area contributed by atoms with Crippen LogP contribution in [-0.4, -0.2) is 92.0 Å². The van der Waals surface area contributed by atoms with Crippen molar-refractivity contribution in [1.82, 2.24) is 15.5 Å². The first kappa shape index (κ1) is 52.7. The summed E-state index contributed by atoms with van der Waals surface area (Å²) in [5.74, 6) is -3.64. The van der Waals surface area contributed by atoms with Crippen molar-refractivity contribution in [2.75, 3.05) is 39.9 Å². The van der Waals surface area contributed by atoms with Crippen LogP contribution in [0, 0.1) is 30.1 Å². The van der Waals surface area contributed by atoms with Crippen molar-refractivity contribution >= 4 is 35.1 Å². The Hall–Kier alpha value is -5.95. The largest absolute Gasteiger partial charge is 0.492 e. The van der Waals surface area contributed by atoms with E-state index < -0.39 is 47.6 Å². The molecule has 0 spiro atoms. The van der Waals surface area contributed by atoms with Crippen molar-refractivity contribution in [2.24, 2.45) is 29.0 Å². The van der Waals surface area contributed by atoms with Gasteiger partial charge in [0.05, 0.1) is 18.2 Å². The number of ether oxygens (including phenoxy) is 2. The SMILES string of the molecule is CCCCc1ccc(C(=O)N[C@@H](CCC)C(=O)C[C@@H](CCN)C(=O)N(C)[C@@H]2C(=O)C[C@@H](C)C(=O)N[C@H](C(=O)CCC#N)Cc3ccc(OCCN)c(c3)-c3cc2ccc3OCCN)c(C)c1. The fourth-order valence-corrected chi connectivity index (χ4v) is 8.38. The lowest BCUT2D eigenvalue weighted by molar-refractivity contribution is -0.144. The number of likely N-dealkylation sites (N-methyl/N-ethyl adjacent to an activating group) is 1. The third kappa shape index (κ3) is 14.3. The van der Waals surface area contributed by atoms with Gasteiger partial charge in [-0.2, -0.15) is 5.26 Å². The summed E-state index contributed by atoms with van der Waals surface area (Å²) in [5, 5.41) is 15.0. The minimum absolute atomic E-state index is 0.0367. The molecule has 1 heterocycles. The molecule has 3 aromatic carbocycles. The van der Waals surface area contributed by atoms with Gasteiger partial charge in [0.2, 0.25) is 11.8 Å². The van der Waals surface area contributed by atoms with Crippen molar-refractivity contribution < 1.29 is 38.2 Å². The van der Waals surface area contributed by atoms with Gasteiger partial charge in [-0.3, -0.25) is 28.8 Å². The molecule has 3 amide bonds. The summed E-state index contributed by atoms with van der Waals surface area (Å²) in [6, 6.07) is 15.0. The van der Waals surface area contributed by atoms with E-state index in [2.05, 4.69) is 17.6 Å². The van der Waals surface area contributed by atoms with Crippen LogP contribution in [0.25, 0.3) is 11.1 Å². The Morgan fingerprint density at radius 1 is 0.894 bits per heavy atom. The van der Waals surface area contributed by atoms with Gasteiger partial charge in [0.25, 0.3) is 5.91 Å². The molecule has 3 aromatic rings. The summed E-state index contributed by atoms with van der Waals surface area (Å²) in [5.41, 5.74) is 22.3. The second kappa shape index (κ2) is 26.3. The highest BCUT2D eigenvalue weighted by Gasteiger charge is 2.37. The van der Waals surface area contributed by atoms with Crippen LogP contribution in [0.2, 0.25) is 0 Å². The molecular formula is C51H69N7O8. The van der Waals surface area contributed by atoms with E-state index in [1.54, 1.807) is 43.3 Å². The van der Waals surface area contributed by atoms with E-state index in [9.17, 15) is 34.0 Å². The second-order valence-corrected chi connectivity index (χ2v) is 17.2. The summed E-state index contributed by atoms with van der Waals surface area (Å²) in [4.78, 5) is 86.0. The lowest BCUT2D eigenvalue weighted by atomic mass is 9.88. The van der Waals surface area contributed by atoms with Gasteiger partial charge in [0, 0.05) is 74.3 Å². The number of amides is 3. The van der Waals surface area contributed by atoms with Crippen molar-refractivity contribution in [1.29, 1.82) is 5.26 Å². The molecule has 0 aliphatic carbocycles. The molecule has 0 unspecified atom stereocenters. The minimum atomic E-state index is -1.26. The Bertz CT molecular complexity index is 2220. The van der Waals surface area contributed by atoms with Crippen LogP contribution in [-0.2, 0) is 36.8 Å². The second-order valence-electron chi connectivity index (χ2n) is 17.2. The summed E-state index contributed by atoms with van der Waals surface area (Å²) >= 11 is 0. The van der Waals surface area contributed by atoms with E-state index in [0.29, 0.717) is 52.2 Å². The van der Waals surface area contributed by atoms with Crippen LogP contribution in [0.4, 0.5) is 0 Å². The molecule has 0 fully saturated rings. The Morgan fingerprint density at radius 3 is 2.20 bits per heavy atom. The highest BCUT2D eigenvalue weighted by Crippen LogP contribution is 2.41. The van der Waals surface area contributed by atoms with E-state index >= 15 is 0 Å². The Kier molecular flexibility index (Phi) is 21.0.